The smallest absolute Gasteiger partial charge is 0.257 e. The second-order valence-corrected chi connectivity index (χ2v) is 9.25. The van der Waals surface area contributed by atoms with Gasteiger partial charge in [-0.15, -0.1) is 0 Å². The van der Waals surface area contributed by atoms with E-state index in [1.165, 1.54) is 12.3 Å². The molecule has 4 rings (SSSR count). The van der Waals surface area contributed by atoms with Crippen LogP contribution in [-0.2, 0) is 13.0 Å². The Kier molecular flexibility index (Phi) is 7.76. The van der Waals surface area contributed by atoms with Gasteiger partial charge in [0.2, 0.25) is 0 Å². The highest BCUT2D eigenvalue weighted by atomic mass is 19.1. The Hall–Kier alpha value is -3.32. The molecular formula is C28H33FN2O4. The summed E-state index contributed by atoms with van der Waals surface area (Å²) in [7, 11) is 3.35. The molecule has 1 aliphatic rings. The van der Waals surface area contributed by atoms with Gasteiger partial charge in [0.25, 0.3) is 5.91 Å². The zero-order valence-electron chi connectivity index (χ0n) is 20.5. The SMILES string of the molecule is COc1cccc(CN2CCC(C(Cc3ccccc3F)N(C)C(=O)c3ccoc3C)CC2)c1O. The Balaban J connectivity index is 1.49. The van der Waals surface area contributed by atoms with E-state index in [0.717, 1.165) is 31.5 Å². The second kappa shape index (κ2) is 11.0. The highest BCUT2D eigenvalue weighted by Crippen LogP contribution is 2.33. The summed E-state index contributed by atoms with van der Waals surface area (Å²) in [5.41, 5.74) is 1.98. The predicted molar refractivity (Wildman–Crippen MR) is 132 cm³/mol. The lowest BCUT2D eigenvalue weighted by atomic mass is 9.84. The number of hydrogen-bond donors (Lipinski definition) is 1. The first-order valence-corrected chi connectivity index (χ1v) is 12.0. The van der Waals surface area contributed by atoms with Crippen LogP contribution in [0, 0.1) is 18.7 Å². The number of carbonyl (C=O) groups excluding carboxylic acids is 1. The quantitative estimate of drug-likeness (QED) is 0.490. The van der Waals surface area contributed by atoms with Gasteiger partial charge in [-0.3, -0.25) is 9.69 Å². The Morgan fingerprint density at radius 3 is 2.54 bits per heavy atom. The van der Waals surface area contributed by atoms with Crippen molar-refractivity contribution in [3.63, 3.8) is 0 Å². The first-order chi connectivity index (χ1) is 16.9. The van der Waals surface area contributed by atoms with Crippen LogP contribution in [0.2, 0.25) is 0 Å². The Bertz CT molecular complexity index is 1150. The molecule has 1 N–H and O–H groups in total. The van der Waals surface area contributed by atoms with Crippen molar-refractivity contribution in [3.05, 3.63) is 83.1 Å². The van der Waals surface area contributed by atoms with Crippen molar-refractivity contribution in [2.45, 2.75) is 38.8 Å². The van der Waals surface area contributed by atoms with Crippen LogP contribution in [-0.4, -0.2) is 54.1 Å². The molecule has 6 nitrogen and oxygen atoms in total. The number of aromatic hydroxyl groups is 1. The number of hydrogen-bond acceptors (Lipinski definition) is 5. The first kappa shape index (κ1) is 24.8. The largest absolute Gasteiger partial charge is 0.504 e. The van der Waals surface area contributed by atoms with E-state index in [9.17, 15) is 14.3 Å². The summed E-state index contributed by atoms with van der Waals surface area (Å²) >= 11 is 0. The number of benzene rings is 2. The number of carbonyl (C=O) groups is 1. The molecule has 0 aliphatic carbocycles. The molecule has 2 aromatic carbocycles. The zero-order chi connectivity index (χ0) is 24.9. The van der Waals surface area contributed by atoms with Crippen LogP contribution in [0.15, 0.2) is 59.2 Å². The van der Waals surface area contributed by atoms with Crippen molar-refractivity contribution in [1.29, 1.82) is 0 Å². The third-order valence-corrected chi connectivity index (χ3v) is 7.17. The monoisotopic (exact) mass is 480 g/mol. The molecule has 0 saturated carbocycles. The number of piperidine rings is 1. The Labute approximate surface area is 205 Å². The lowest BCUT2D eigenvalue weighted by molar-refractivity contribution is 0.0581. The molecule has 1 amide bonds. The number of likely N-dealkylation sites (N-methyl/N-ethyl adjacent to an activating group) is 1. The van der Waals surface area contributed by atoms with E-state index in [4.69, 9.17) is 9.15 Å². The maximum atomic E-state index is 14.6. The summed E-state index contributed by atoms with van der Waals surface area (Å²) in [6.07, 6.45) is 3.71. The fourth-order valence-corrected chi connectivity index (χ4v) is 5.05. The minimum Gasteiger partial charge on any atom is -0.504 e. The molecule has 7 heteroatoms. The van der Waals surface area contributed by atoms with Crippen molar-refractivity contribution < 1.29 is 23.4 Å². The van der Waals surface area contributed by atoms with E-state index in [-0.39, 0.29) is 29.4 Å². The van der Waals surface area contributed by atoms with Gasteiger partial charge in [0.05, 0.1) is 18.9 Å². The van der Waals surface area contributed by atoms with Gasteiger partial charge < -0.3 is 19.2 Å². The van der Waals surface area contributed by atoms with Crippen molar-refractivity contribution in [2.75, 3.05) is 27.2 Å². The number of methoxy groups -OCH3 is 1. The highest BCUT2D eigenvalue weighted by Gasteiger charge is 2.33. The molecule has 1 atom stereocenters. The molecule has 3 aromatic rings. The molecule has 186 valence electrons. The molecule has 1 saturated heterocycles. The molecule has 1 fully saturated rings. The standard InChI is InChI=1S/C28H33FN2O4/c1-19-23(13-16-35-19)28(33)30(2)25(17-21-7-4-5-9-24(21)29)20-11-14-31(15-12-20)18-22-8-6-10-26(34-3)27(22)32/h4-10,13,16,20,25,32H,11-12,14-15,17-18H2,1-3H3. The van der Waals surface area contributed by atoms with Gasteiger partial charge in [-0.2, -0.15) is 0 Å². The third-order valence-electron chi connectivity index (χ3n) is 7.17. The van der Waals surface area contributed by atoms with Gasteiger partial charge >= 0.3 is 0 Å². The molecule has 0 spiro atoms. The van der Waals surface area contributed by atoms with Gasteiger partial charge in [-0.05, 0) is 69.0 Å². The van der Waals surface area contributed by atoms with Crippen molar-refractivity contribution in [1.82, 2.24) is 9.80 Å². The van der Waals surface area contributed by atoms with E-state index < -0.39 is 0 Å². The molecule has 2 heterocycles. The number of furan rings is 1. The number of halogens is 1. The summed E-state index contributed by atoms with van der Waals surface area (Å²) in [5, 5.41) is 10.5. The fourth-order valence-electron chi connectivity index (χ4n) is 5.05. The number of phenols is 1. The van der Waals surface area contributed by atoms with Gasteiger partial charge in [0.15, 0.2) is 11.5 Å². The minimum absolute atomic E-state index is 0.110. The number of para-hydroxylation sites is 1. The van der Waals surface area contributed by atoms with Gasteiger partial charge in [-0.25, -0.2) is 4.39 Å². The van der Waals surface area contributed by atoms with Gasteiger partial charge in [0.1, 0.15) is 11.6 Å². The van der Waals surface area contributed by atoms with Crippen LogP contribution in [0.3, 0.4) is 0 Å². The summed E-state index contributed by atoms with van der Waals surface area (Å²) in [4.78, 5) is 17.4. The fraction of sp³-hybridized carbons (Fsp3) is 0.393. The van der Waals surface area contributed by atoms with Crippen molar-refractivity contribution in [3.8, 4) is 11.5 Å². The highest BCUT2D eigenvalue weighted by molar-refractivity contribution is 5.95. The number of rotatable bonds is 8. The van der Waals surface area contributed by atoms with Crippen molar-refractivity contribution in [2.24, 2.45) is 5.92 Å². The second-order valence-electron chi connectivity index (χ2n) is 9.25. The van der Waals surface area contributed by atoms with Crippen LogP contribution in [0.4, 0.5) is 4.39 Å². The van der Waals surface area contributed by atoms with E-state index >= 15 is 0 Å². The molecule has 0 bridgehead atoms. The molecule has 1 unspecified atom stereocenters. The number of phenolic OH excluding ortho intramolecular Hbond substituents is 1. The summed E-state index contributed by atoms with van der Waals surface area (Å²) in [5.74, 6) is 1.09. The maximum Gasteiger partial charge on any atom is 0.257 e. The number of aryl methyl sites for hydroxylation is 1. The van der Waals surface area contributed by atoms with E-state index in [1.54, 1.807) is 50.2 Å². The Morgan fingerprint density at radius 1 is 1.17 bits per heavy atom. The molecule has 1 aromatic heterocycles. The maximum absolute atomic E-state index is 14.6. The molecular weight excluding hydrogens is 447 g/mol. The lowest BCUT2D eigenvalue weighted by Gasteiger charge is -2.40. The van der Waals surface area contributed by atoms with Crippen molar-refractivity contribution >= 4 is 5.91 Å². The number of likely N-dealkylation sites (tertiary alicyclic amines) is 1. The van der Waals surface area contributed by atoms with Crippen LogP contribution in [0.25, 0.3) is 0 Å². The van der Waals surface area contributed by atoms with E-state index in [1.807, 2.05) is 18.2 Å². The first-order valence-electron chi connectivity index (χ1n) is 12.0. The van der Waals surface area contributed by atoms with E-state index in [2.05, 4.69) is 4.90 Å². The predicted octanol–water partition coefficient (Wildman–Crippen LogP) is 5.04. The topological polar surface area (TPSA) is 66.2 Å². The lowest BCUT2D eigenvalue weighted by Crippen LogP contribution is -2.47. The van der Waals surface area contributed by atoms with Crippen LogP contribution in [0.5, 0.6) is 11.5 Å². The molecule has 35 heavy (non-hydrogen) atoms. The van der Waals surface area contributed by atoms with E-state index in [0.29, 0.717) is 35.6 Å². The summed E-state index contributed by atoms with van der Waals surface area (Å²) < 4.78 is 25.1. The zero-order valence-corrected chi connectivity index (χ0v) is 20.5. The van der Waals surface area contributed by atoms with Crippen LogP contribution >= 0.6 is 0 Å². The van der Waals surface area contributed by atoms with Crippen LogP contribution in [0.1, 0.15) is 40.1 Å². The molecule has 1 aliphatic heterocycles. The summed E-state index contributed by atoms with van der Waals surface area (Å²) in [6, 6.07) is 13.9. The average molecular weight is 481 g/mol. The molecule has 0 radical (unpaired) electrons. The number of amides is 1. The van der Waals surface area contributed by atoms with Crippen LogP contribution < -0.4 is 4.74 Å². The summed E-state index contributed by atoms with van der Waals surface area (Å²) in [6.45, 7) is 4.04. The number of ether oxygens (including phenoxy) is 1. The normalized spacial score (nSPS) is 15.7. The van der Waals surface area contributed by atoms with Gasteiger partial charge in [-0.1, -0.05) is 30.3 Å². The minimum atomic E-state index is -0.247. The third kappa shape index (κ3) is 5.51. The number of nitrogens with zero attached hydrogens (tertiary/aromatic N) is 2. The Morgan fingerprint density at radius 2 is 1.89 bits per heavy atom. The average Bonchev–Trinajstić information content (AvgIpc) is 3.30. The van der Waals surface area contributed by atoms with Gasteiger partial charge in [0, 0.05) is 25.2 Å².